The van der Waals surface area contributed by atoms with Crippen LogP contribution in [-0.4, -0.2) is 17.2 Å². The fourth-order valence-electron chi connectivity index (χ4n) is 2.44. The van der Waals surface area contributed by atoms with E-state index in [1.54, 1.807) is 0 Å². The monoisotopic (exact) mass is 247 g/mol. The summed E-state index contributed by atoms with van der Waals surface area (Å²) >= 11 is 0. The molecule has 0 fully saturated rings. The number of ether oxygens (including phenoxy) is 1. The maximum Gasteiger partial charge on any atom is 0.408 e. The third kappa shape index (κ3) is 3.03. The van der Waals surface area contributed by atoms with Gasteiger partial charge >= 0.3 is 6.09 Å². The zero-order valence-corrected chi connectivity index (χ0v) is 11.5. The molecular weight excluding hydrogens is 226 g/mol. The van der Waals surface area contributed by atoms with Gasteiger partial charge in [-0.05, 0) is 51.7 Å². The molecule has 1 aromatic carbocycles. The second-order valence-electron chi connectivity index (χ2n) is 6.31. The molecule has 2 rings (SSSR count). The lowest BCUT2D eigenvalue weighted by Crippen LogP contribution is -2.48. The van der Waals surface area contributed by atoms with Gasteiger partial charge in [0.25, 0.3) is 0 Å². The van der Waals surface area contributed by atoms with Crippen LogP contribution in [0, 0.1) is 0 Å². The van der Waals surface area contributed by atoms with E-state index in [1.807, 2.05) is 32.9 Å². The van der Waals surface area contributed by atoms with Crippen LogP contribution in [-0.2, 0) is 17.6 Å². The molecule has 3 heteroatoms. The Morgan fingerprint density at radius 2 is 1.72 bits per heavy atom. The molecule has 1 N–H and O–H groups in total. The minimum absolute atomic E-state index is 0.230. The van der Waals surface area contributed by atoms with E-state index >= 15 is 0 Å². The number of carbonyl (C=O) groups excluding carboxylic acids is 1. The van der Waals surface area contributed by atoms with Crippen molar-refractivity contribution in [2.75, 3.05) is 0 Å². The van der Waals surface area contributed by atoms with E-state index in [2.05, 4.69) is 24.4 Å². The summed E-state index contributed by atoms with van der Waals surface area (Å²) in [6, 6.07) is 8.32. The second-order valence-corrected chi connectivity index (χ2v) is 6.31. The molecule has 1 aliphatic carbocycles. The van der Waals surface area contributed by atoms with Crippen LogP contribution in [0.1, 0.15) is 38.8 Å². The summed E-state index contributed by atoms with van der Waals surface area (Å²) in [5.41, 5.74) is 1.95. The van der Waals surface area contributed by atoms with E-state index in [1.165, 1.54) is 11.1 Å². The van der Waals surface area contributed by atoms with Crippen molar-refractivity contribution >= 4 is 6.09 Å². The van der Waals surface area contributed by atoms with Crippen molar-refractivity contribution in [2.24, 2.45) is 0 Å². The van der Waals surface area contributed by atoms with Crippen LogP contribution in [0.15, 0.2) is 24.3 Å². The number of rotatable bonds is 1. The van der Waals surface area contributed by atoms with Crippen LogP contribution in [0.25, 0.3) is 0 Å². The van der Waals surface area contributed by atoms with Gasteiger partial charge in [0, 0.05) is 5.54 Å². The topological polar surface area (TPSA) is 38.3 Å². The summed E-state index contributed by atoms with van der Waals surface area (Å²) in [7, 11) is 0. The number of carbonyl (C=O) groups is 1. The minimum Gasteiger partial charge on any atom is -0.444 e. The van der Waals surface area contributed by atoms with Gasteiger partial charge in [0.1, 0.15) is 5.60 Å². The number of amides is 1. The summed E-state index contributed by atoms with van der Waals surface area (Å²) in [5, 5.41) is 3.00. The Balaban J connectivity index is 2.02. The van der Waals surface area contributed by atoms with Crippen molar-refractivity contribution < 1.29 is 9.53 Å². The number of fused-ring (bicyclic) bond motifs is 1. The van der Waals surface area contributed by atoms with Crippen LogP contribution in [0.3, 0.4) is 0 Å². The molecule has 0 bridgehead atoms. The Bertz CT molecular complexity index is 435. The molecule has 0 atom stereocenters. The molecule has 0 aliphatic heterocycles. The van der Waals surface area contributed by atoms with Crippen molar-refractivity contribution in [3.8, 4) is 0 Å². The molecule has 1 aliphatic rings. The van der Waals surface area contributed by atoms with Crippen molar-refractivity contribution in [2.45, 2.75) is 51.7 Å². The van der Waals surface area contributed by atoms with Gasteiger partial charge in [0.05, 0.1) is 0 Å². The van der Waals surface area contributed by atoms with Crippen molar-refractivity contribution in [1.82, 2.24) is 5.32 Å². The Hall–Kier alpha value is -1.51. The summed E-state index contributed by atoms with van der Waals surface area (Å²) in [4.78, 5) is 11.8. The largest absolute Gasteiger partial charge is 0.444 e. The highest BCUT2D eigenvalue weighted by Gasteiger charge is 2.35. The maximum atomic E-state index is 11.8. The summed E-state index contributed by atoms with van der Waals surface area (Å²) < 4.78 is 5.31. The van der Waals surface area contributed by atoms with Crippen LogP contribution in [0.5, 0.6) is 0 Å². The van der Waals surface area contributed by atoms with Gasteiger partial charge in [0.2, 0.25) is 0 Å². The normalized spacial score (nSPS) is 17.1. The third-order valence-electron chi connectivity index (χ3n) is 3.08. The van der Waals surface area contributed by atoms with E-state index in [4.69, 9.17) is 4.74 Å². The van der Waals surface area contributed by atoms with Crippen LogP contribution in [0.4, 0.5) is 4.79 Å². The third-order valence-corrected chi connectivity index (χ3v) is 3.08. The number of hydrogen-bond acceptors (Lipinski definition) is 2. The SMILES string of the molecule is CC1(NC(=O)OC(C)(C)C)Cc2ccccc2C1. The fourth-order valence-corrected chi connectivity index (χ4v) is 2.44. The minimum atomic E-state index is -0.452. The van der Waals surface area contributed by atoms with Gasteiger partial charge < -0.3 is 10.1 Å². The van der Waals surface area contributed by atoms with E-state index in [9.17, 15) is 4.79 Å². The number of hydrogen-bond donors (Lipinski definition) is 1. The van der Waals surface area contributed by atoms with Crippen LogP contribution >= 0.6 is 0 Å². The quantitative estimate of drug-likeness (QED) is 0.828. The average molecular weight is 247 g/mol. The molecule has 0 heterocycles. The maximum absolute atomic E-state index is 11.8. The Morgan fingerprint density at radius 3 is 2.17 bits per heavy atom. The molecule has 0 radical (unpaired) electrons. The molecule has 1 amide bonds. The molecule has 0 spiro atoms. The fraction of sp³-hybridized carbons (Fsp3) is 0.533. The first kappa shape index (κ1) is 12.9. The van der Waals surface area contributed by atoms with Gasteiger partial charge in [0.15, 0.2) is 0 Å². The van der Waals surface area contributed by atoms with Gasteiger partial charge in [-0.2, -0.15) is 0 Å². The van der Waals surface area contributed by atoms with Crippen molar-refractivity contribution in [3.05, 3.63) is 35.4 Å². The lowest BCUT2D eigenvalue weighted by molar-refractivity contribution is 0.0468. The van der Waals surface area contributed by atoms with Crippen molar-refractivity contribution in [1.29, 1.82) is 0 Å². The number of benzene rings is 1. The Labute approximate surface area is 109 Å². The zero-order chi connectivity index (χ0) is 13.4. The van der Waals surface area contributed by atoms with Gasteiger partial charge in [-0.1, -0.05) is 24.3 Å². The van der Waals surface area contributed by atoms with Crippen molar-refractivity contribution in [3.63, 3.8) is 0 Å². The predicted octanol–water partition coefficient (Wildman–Crippen LogP) is 3.07. The first-order valence-corrected chi connectivity index (χ1v) is 6.35. The first-order valence-electron chi connectivity index (χ1n) is 6.35. The highest BCUT2D eigenvalue weighted by molar-refractivity contribution is 5.69. The van der Waals surface area contributed by atoms with E-state index in [-0.39, 0.29) is 11.6 Å². The highest BCUT2D eigenvalue weighted by atomic mass is 16.6. The molecule has 0 unspecified atom stereocenters. The summed E-state index contributed by atoms with van der Waals surface area (Å²) in [6.45, 7) is 7.69. The average Bonchev–Trinajstić information content (AvgIpc) is 2.49. The Kier molecular flexibility index (Phi) is 3.09. The standard InChI is InChI=1S/C15H21NO2/c1-14(2,3)18-13(17)16-15(4)9-11-7-5-6-8-12(11)10-15/h5-8H,9-10H2,1-4H3,(H,16,17). The molecule has 1 aromatic rings. The van der Waals surface area contributed by atoms with Crippen LogP contribution in [0.2, 0.25) is 0 Å². The number of nitrogens with one attached hydrogen (secondary N) is 1. The molecular formula is C15H21NO2. The number of alkyl carbamates (subject to hydrolysis) is 1. The van der Waals surface area contributed by atoms with E-state index in [0.29, 0.717) is 0 Å². The Morgan fingerprint density at radius 1 is 1.22 bits per heavy atom. The second kappa shape index (κ2) is 4.30. The molecule has 98 valence electrons. The highest BCUT2D eigenvalue weighted by Crippen LogP contribution is 2.29. The summed E-state index contributed by atoms with van der Waals surface area (Å²) in [6.07, 6.45) is 1.39. The smallest absolute Gasteiger partial charge is 0.408 e. The van der Waals surface area contributed by atoms with Crippen LogP contribution < -0.4 is 5.32 Å². The van der Waals surface area contributed by atoms with Gasteiger partial charge in [-0.25, -0.2) is 4.79 Å². The lowest BCUT2D eigenvalue weighted by Gasteiger charge is -2.28. The first-order chi connectivity index (χ1) is 8.27. The molecule has 0 aromatic heterocycles. The zero-order valence-electron chi connectivity index (χ0n) is 11.5. The van der Waals surface area contributed by atoms with E-state index in [0.717, 1.165) is 12.8 Å². The predicted molar refractivity (Wildman–Crippen MR) is 71.6 cm³/mol. The lowest BCUT2D eigenvalue weighted by atomic mass is 9.99. The molecule has 3 nitrogen and oxygen atoms in total. The van der Waals surface area contributed by atoms with Gasteiger partial charge in [-0.15, -0.1) is 0 Å². The van der Waals surface area contributed by atoms with E-state index < -0.39 is 5.60 Å². The van der Waals surface area contributed by atoms with Gasteiger partial charge in [-0.3, -0.25) is 0 Å². The summed E-state index contributed by atoms with van der Waals surface area (Å²) in [5.74, 6) is 0. The molecule has 0 saturated carbocycles. The molecule has 0 saturated heterocycles. The molecule has 18 heavy (non-hydrogen) atoms.